The number of esters is 1. The van der Waals surface area contributed by atoms with E-state index in [1.54, 1.807) is 12.1 Å². The van der Waals surface area contributed by atoms with Crippen LogP contribution in [-0.2, 0) is 9.53 Å². The van der Waals surface area contributed by atoms with Crippen molar-refractivity contribution in [3.63, 3.8) is 0 Å². The molecule has 0 spiro atoms. The number of methoxy groups -OCH3 is 3. The first-order valence-electron chi connectivity index (χ1n) is 10.6. The number of hydrogen-bond donors (Lipinski definition) is 2. The summed E-state index contributed by atoms with van der Waals surface area (Å²) in [5.74, 6) is 1.94. The maximum atomic E-state index is 11.5. The summed E-state index contributed by atoms with van der Waals surface area (Å²) in [5.41, 5.74) is 0.639. The zero-order valence-electron chi connectivity index (χ0n) is 19.5. The Morgan fingerprint density at radius 3 is 2.34 bits per heavy atom. The van der Waals surface area contributed by atoms with Gasteiger partial charge in [-0.05, 0) is 24.5 Å². The quantitative estimate of drug-likeness (QED) is 0.439. The van der Waals surface area contributed by atoms with E-state index in [2.05, 4.69) is 15.5 Å². The van der Waals surface area contributed by atoms with E-state index < -0.39 is 6.10 Å². The van der Waals surface area contributed by atoms with Gasteiger partial charge in [0.15, 0.2) is 11.5 Å². The number of aliphatic hydroxyl groups is 1. The van der Waals surface area contributed by atoms with Crippen LogP contribution < -0.4 is 19.5 Å². The maximum Gasteiger partial charge on any atom is 0.305 e. The van der Waals surface area contributed by atoms with Crippen molar-refractivity contribution < 1.29 is 33.4 Å². The number of aliphatic hydroxyl groups excluding tert-OH is 1. The van der Waals surface area contributed by atoms with Crippen molar-refractivity contribution in [2.75, 3.05) is 34.5 Å². The Labute approximate surface area is 188 Å². The number of benzene rings is 1. The number of nitrogens with one attached hydrogen (secondary N) is 1. The van der Waals surface area contributed by atoms with Crippen LogP contribution in [0.4, 0.5) is 0 Å². The van der Waals surface area contributed by atoms with Crippen LogP contribution in [0.3, 0.4) is 0 Å². The van der Waals surface area contributed by atoms with Gasteiger partial charge >= 0.3 is 5.97 Å². The van der Waals surface area contributed by atoms with E-state index in [0.717, 1.165) is 0 Å². The van der Waals surface area contributed by atoms with Crippen LogP contribution in [0.1, 0.15) is 45.5 Å². The molecule has 10 heteroatoms. The van der Waals surface area contributed by atoms with Crippen molar-refractivity contribution in [1.29, 1.82) is 0 Å². The van der Waals surface area contributed by atoms with Crippen molar-refractivity contribution in [2.24, 2.45) is 5.92 Å². The minimum Gasteiger partial charge on any atom is -0.493 e. The second-order valence-corrected chi connectivity index (χ2v) is 7.59. The number of nitrogens with zero attached hydrogens (tertiary/aromatic N) is 2. The molecule has 2 aromatic rings. The molecule has 0 aliphatic rings. The van der Waals surface area contributed by atoms with Gasteiger partial charge in [0.25, 0.3) is 0 Å². The maximum absolute atomic E-state index is 11.5. The number of rotatable bonds is 13. The van der Waals surface area contributed by atoms with Gasteiger partial charge in [0, 0.05) is 18.5 Å². The molecule has 1 aromatic carbocycles. The number of aromatic nitrogens is 2. The first-order valence-corrected chi connectivity index (χ1v) is 10.6. The standard InChI is InChI=1S/C22H33N3O7/c1-7-8-18(27)31-12-15(26)11-23-19(13(2)3)22-24-21(25-32-22)14-9-16(28-4)20(30-6)17(10-14)29-5/h9-10,13,15,19,23,26H,7-8,11-12H2,1-6H3/t15-,19-/m1/s1. The van der Waals surface area contributed by atoms with Crippen molar-refractivity contribution in [2.45, 2.75) is 45.8 Å². The molecule has 1 heterocycles. The third kappa shape index (κ3) is 6.57. The molecule has 0 saturated heterocycles. The zero-order chi connectivity index (χ0) is 23.7. The molecule has 0 unspecified atom stereocenters. The van der Waals surface area contributed by atoms with Crippen molar-refractivity contribution in [3.8, 4) is 28.6 Å². The molecular formula is C22H33N3O7. The molecule has 0 fully saturated rings. The van der Waals surface area contributed by atoms with Crippen LogP contribution in [0.2, 0.25) is 0 Å². The molecule has 32 heavy (non-hydrogen) atoms. The van der Waals surface area contributed by atoms with Gasteiger partial charge in [0.2, 0.25) is 17.5 Å². The summed E-state index contributed by atoms with van der Waals surface area (Å²) in [5, 5.41) is 17.5. The van der Waals surface area contributed by atoms with Gasteiger partial charge in [-0.3, -0.25) is 4.79 Å². The van der Waals surface area contributed by atoms with Crippen molar-refractivity contribution >= 4 is 5.97 Å². The van der Waals surface area contributed by atoms with E-state index in [0.29, 0.717) is 47.4 Å². The fourth-order valence-electron chi connectivity index (χ4n) is 3.08. The average Bonchev–Trinajstić information content (AvgIpc) is 3.26. The molecule has 2 atom stereocenters. The van der Waals surface area contributed by atoms with Gasteiger partial charge in [-0.1, -0.05) is 25.9 Å². The second-order valence-electron chi connectivity index (χ2n) is 7.59. The summed E-state index contributed by atoms with van der Waals surface area (Å²) in [6.07, 6.45) is 0.184. The Bertz CT molecular complexity index is 844. The van der Waals surface area contributed by atoms with E-state index in [1.807, 2.05) is 20.8 Å². The lowest BCUT2D eigenvalue weighted by molar-refractivity contribution is -0.146. The molecular weight excluding hydrogens is 418 g/mol. The summed E-state index contributed by atoms with van der Waals surface area (Å²) in [6.45, 7) is 6.01. The third-order valence-electron chi connectivity index (χ3n) is 4.76. The molecule has 0 saturated carbocycles. The van der Waals surface area contributed by atoms with E-state index in [1.165, 1.54) is 21.3 Å². The van der Waals surface area contributed by atoms with E-state index in [9.17, 15) is 9.90 Å². The van der Waals surface area contributed by atoms with Crippen molar-refractivity contribution in [3.05, 3.63) is 18.0 Å². The molecule has 178 valence electrons. The van der Waals surface area contributed by atoms with Gasteiger partial charge in [-0.15, -0.1) is 0 Å². The van der Waals surface area contributed by atoms with Crippen LogP contribution in [0.25, 0.3) is 11.4 Å². The number of ether oxygens (including phenoxy) is 4. The predicted molar refractivity (Wildman–Crippen MR) is 117 cm³/mol. The lowest BCUT2D eigenvalue weighted by Gasteiger charge is -2.20. The predicted octanol–water partition coefficient (Wildman–Crippen LogP) is 2.75. The smallest absolute Gasteiger partial charge is 0.305 e. The summed E-state index contributed by atoms with van der Waals surface area (Å²) in [4.78, 5) is 16.0. The number of hydrogen-bond acceptors (Lipinski definition) is 10. The first-order chi connectivity index (χ1) is 15.3. The Hall–Kier alpha value is -2.85. The lowest BCUT2D eigenvalue weighted by atomic mass is 10.0. The Morgan fingerprint density at radius 2 is 1.81 bits per heavy atom. The highest BCUT2D eigenvalue weighted by atomic mass is 16.5. The highest BCUT2D eigenvalue weighted by molar-refractivity contribution is 5.69. The largest absolute Gasteiger partial charge is 0.493 e. The highest BCUT2D eigenvalue weighted by Crippen LogP contribution is 2.40. The zero-order valence-corrected chi connectivity index (χ0v) is 19.5. The van der Waals surface area contributed by atoms with Gasteiger partial charge < -0.3 is 33.9 Å². The minimum atomic E-state index is -0.852. The molecule has 0 bridgehead atoms. The molecule has 2 N–H and O–H groups in total. The first kappa shape index (κ1) is 25.4. The van der Waals surface area contributed by atoms with Crippen molar-refractivity contribution in [1.82, 2.24) is 15.5 Å². The summed E-state index contributed by atoms with van der Waals surface area (Å²) < 4.78 is 26.7. The molecule has 1 aromatic heterocycles. The van der Waals surface area contributed by atoms with Gasteiger partial charge in [0.05, 0.1) is 27.4 Å². The molecule has 0 aliphatic carbocycles. The van der Waals surface area contributed by atoms with Crippen LogP contribution in [0, 0.1) is 5.92 Å². The average molecular weight is 452 g/mol. The summed E-state index contributed by atoms with van der Waals surface area (Å²) >= 11 is 0. The highest BCUT2D eigenvalue weighted by Gasteiger charge is 2.25. The molecule has 0 amide bonds. The van der Waals surface area contributed by atoms with E-state index >= 15 is 0 Å². The SMILES string of the molecule is CCCC(=O)OC[C@H](O)CN[C@@H](c1nc(-c2cc(OC)c(OC)c(OC)c2)no1)C(C)C. The third-order valence-corrected chi connectivity index (χ3v) is 4.76. The van der Waals surface area contributed by atoms with Gasteiger partial charge in [0.1, 0.15) is 12.7 Å². The van der Waals surface area contributed by atoms with E-state index in [-0.39, 0.29) is 31.1 Å². The Kier molecular flexibility index (Phi) is 9.73. The summed E-state index contributed by atoms with van der Waals surface area (Å²) in [6, 6.07) is 3.17. The Morgan fingerprint density at radius 1 is 1.16 bits per heavy atom. The fourth-order valence-corrected chi connectivity index (χ4v) is 3.08. The number of carbonyl (C=O) groups is 1. The van der Waals surface area contributed by atoms with E-state index in [4.69, 9.17) is 23.5 Å². The van der Waals surface area contributed by atoms with Crippen LogP contribution in [0.15, 0.2) is 16.7 Å². The molecule has 0 radical (unpaired) electrons. The van der Waals surface area contributed by atoms with Crippen LogP contribution in [-0.4, -0.2) is 61.8 Å². The molecule has 0 aliphatic heterocycles. The van der Waals surface area contributed by atoms with Gasteiger partial charge in [-0.2, -0.15) is 4.98 Å². The second kappa shape index (κ2) is 12.3. The van der Waals surface area contributed by atoms with Gasteiger partial charge in [-0.25, -0.2) is 0 Å². The fraction of sp³-hybridized carbons (Fsp3) is 0.591. The minimum absolute atomic E-state index is 0.0723. The monoisotopic (exact) mass is 451 g/mol. The normalized spacial score (nSPS) is 13.0. The summed E-state index contributed by atoms with van der Waals surface area (Å²) in [7, 11) is 4.60. The lowest BCUT2D eigenvalue weighted by Crippen LogP contribution is -2.35. The molecule has 10 nitrogen and oxygen atoms in total. The topological polar surface area (TPSA) is 125 Å². The number of carbonyl (C=O) groups excluding carboxylic acids is 1. The van der Waals surface area contributed by atoms with Crippen LogP contribution >= 0.6 is 0 Å². The van der Waals surface area contributed by atoms with Crippen LogP contribution in [0.5, 0.6) is 17.2 Å². The Balaban J connectivity index is 2.13. The molecule has 2 rings (SSSR count).